The average Bonchev–Trinajstić information content (AvgIpc) is 3.32. The van der Waals surface area contributed by atoms with Gasteiger partial charge in [0.1, 0.15) is 5.75 Å². The van der Waals surface area contributed by atoms with Gasteiger partial charge < -0.3 is 15.0 Å². The Morgan fingerprint density at radius 3 is 2.66 bits per heavy atom. The molecule has 1 aromatic heterocycles. The number of carbonyl (C=O) groups excluding carboxylic acids is 2. The van der Waals surface area contributed by atoms with Gasteiger partial charge >= 0.3 is 0 Å². The van der Waals surface area contributed by atoms with Crippen LogP contribution in [-0.4, -0.2) is 40.3 Å². The number of hydrogen-bond donors (Lipinski definition) is 1. The van der Waals surface area contributed by atoms with Gasteiger partial charge in [-0.1, -0.05) is 37.5 Å². The van der Waals surface area contributed by atoms with Crippen molar-refractivity contribution in [2.24, 2.45) is 5.92 Å². The molecule has 7 heteroatoms. The molecule has 1 N–H and O–H groups in total. The van der Waals surface area contributed by atoms with Crippen molar-refractivity contribution in [2.75, 3.05) is 13.7 Å². The van der Waals surface area contributed by atoms with E-state index in [1.165, 1.54) is 6.42 Å². The van der Waals surface area contributed by atoms with Crippen LogP contribution in [0, 0.1) is 12.8 Å². The number of methoxy groups -OCH3 is 1. The lowest BCUT2D eigenvalue weighted by Crippen LogP contribution is -2.37. The molecule has 1 saturated heterocycles. The molecule has 1 atom stereocenters. The van der Waals surface area contributed by atoms with Crippen LogP contribution in [0.3, 0.4) is 0 Å². The number of likely N-dealkylation sites (tertiary alicyclic amines) is 1. The number of ether oxygens (including phenoxy) is 1. The number of hydrogen-bond acceptors (Lipinski definition) is 5. The Morgan fingerprint density at radius 2 is 1.91 bits per heavy atom. The van der Waals surface area contributed by atoms with Crippen molar-refractivity contribution in [3.63, 3.8) is 0 Å². The molecule has 1 aliphatic carbocycles. The number of aromatic nitrogens is 2. The molecule has 1 aromatic carbocycles. The highest BCUT2D eigenvalue weighted by Gasteiger charge is 2.36. The van der Waals surface area contributed by atoms with Gasteiger partial charge in [-0.05, 0) is 38.7 Å². The third-order valence-corrected chi connectivity index (χ3v) is 6.66. The van der Waals surface area contributed by atoms with E-state index in [1.54, 1.807) is 13.3 Å². The molecule has 0 radical (unpaired) electrons. The smallest absolute Gasteiger partial charge is 0.254 e. The van der Waals surface area contributed by atoms with E-state index in [2.05, 4.69) is 15.3 Å². The number of carbonyl (C=O) groups is 2. The van der Waals surface area contributed by atoms with Crippen molar-refractivity contribution in [3.05, 3.63) is 53.1 Å². The molecule has 4 rings (SSSR count). The van der Waals surface area contributed by atoms with E-state index >= 15 is 0 Å². The molecule has 2 heterocycles. The van der Waals surface area contributed by atoms with Crippen molar-refractivity contribution >= 4 is 11.8 Å². The SMILES string of the molecule is COc1ccccc1CNC(=O)c1cnc(C2CCCN2C(=O)C2CCCCC2)nc1C. The van der Waals surface area contributed by atoms with Crippen LogP contribution in [0.5, 0.6) is 5.75 Å². The Balaban J connectivity index is 1.44. The summed E-state index contributed by atoms with van der Waals surface area (Å²) in [6.07, 6.45) is 8.93. The fourth-order valence-corrected chi connectivity index (χ4v) is 4.87. The summed E-state index contributed by atoms with van der Waals surface area (Å²) in [6, 6.07) is 7.51. The van der Waals surface area contributed by atoms with Gasteiger partial charge in [-0.15, -0.1) is 0 Å². The monoisotopic (exact) mass is 436 g/mol. The van der Waals surface area contributed by atoms with Crippen LogP contribution in [0.4, 0.5) is 0 Å². The third-order valence-electron chi connectivity index (χ3n) is 6.66. The minimum atomic E-state index is -0.221. The van der Waals surface area contributed by atoms with Gasteiger partial charge in [0.25, 0.3) is 5.91 Å². The lowest BCUT2D eigenvalue weighted by atomic mass is 9.88. The second kappa shape index (κ2) is 10.1. The summed E-state index contributed by atoms with van der Waals surface area (Å²) < 4.78 is 5.34. The first-order valence-corrected chi connectivity index (χ1v) is 11.6. The minimum Gasteiger partial charge on any atom is -0.496 e. The summed E-state index contributed by atoms with van der Waals surface area (Å²) >= 11 is 0. The fraction of sp³-hybridized carbons (Fsp3) is 0.520. The van der Waals surface area contributed by atoms with Crippen LogP contribution in [-0.2, 0) is 11.3 Å². The maximum Gasteiger partial charge on any atom is 0.254 e. The predicted octanol–water partition coefficient (Wildman–Crippen LogP) is 3.97. The Labute approximate surface area is 189 Å². The van der Waals surface area contributed by atoms with Gasteiger partial charge in [0.2, 0.25) is 5.91 Å². The Morgan fingerprint density at radius 1 is 1.12 bits per heavy atom. The quantitative estimate of drug-likeness (QED) is 0.741. The van der Waals surface area contributed by atoms with Crippen LogP contribution in [0.1, 0.15) is 78.4 Å². The molecule has 2 amide bonds. The summed E-state index contributed by atoms with van der Waals surface area (Å²) in [7, 11) is 1.61. The van der Waals surface area contributed by atoms with Gasteiger partial charge in [-0.3, -0.25) is 9.59 Å². The highest BCUT2D eigenvalue weighted by Crippen LogP contribution is 2.34. The van der Waals surface area contributed by atoms with Crippen LogP contribution in [0.2, 0.25) is 0 Å². The zero-order chi connectivity index (χ0) is 22.5. The molecule has 0 bridgehead atoms. The van der Waals surface area contributed by atoms with Gasteiger partial charge in [-0.25, -0.2) is 9.97 Å². The first kappa shape index (κ1) is 22.2. The number of aryl methyl sites for hydroxylation is 1. The van der Waals surface area contributed by atoms with Crippen LogP contribution in [0.25, 0.3) is 0 Å². The molecule has 0 spiro atoms. The van der Waals surface area contributed by atoms with Gasteiger partial charge in [-0.2, -0.15) is 0 Å². The maximum absolute atomic E-state index is 13.1. The predicted molar refractivity (Wildman–Crippen MR) is 121 cm³/mol. The molecular weight excluding hydrogens is 404 g/mol. The van der Waals surface area contributed by atoms with Gasteiger partial charge in [0, 0.05) is 30.8 Å². The highest BCUT2D eigenvalue weighted by molar-refractivity contribution is 5.94. The zero-order valence-electron chi connectivity index (χ0n) is 19.0. The fourth-order valence-electron chi connectivity index (χ4n) is 4.87. The third kappa shape index (κ3) is 4.76. The van der Waals surface area contributed by atoms with Gasteiger partial charge in [0.15, 0.2) is 5.82 Å². The van der Waals surface area contributed by atoms with E-state index in [4.69, 9.17) is 4.74 Å². The summed E-state index contributed by atoms with van der Waals surface area (Å²) in [5.41, 5.74) is 1.98. The van der Waals surface area contributed by atoms with E-state index in [-0.39, 0.29) is 23.8 Å². The van der Waals surface area contributed by atoms with Crippen molar-refractivity contribution in [1.29, 1.82) is 0 Å². The summed E-state index contributed by atoms with van der Waals surface area (Å²) in [5.74, 6) is 1.56. The number of amides is 2. The van der Waals surface area contributed by atoms with Crippen molar-refractivity contribution < 1.29 is 14.3 Å². The second-order valence-electron chi connectivity index (χ2n) is 8.75. The van der Waals surface area contributed by atoms with E-state index in [0.717, 1.165) is 56.4 Å². The van der Waals surface area contributed by atoms with E-state index in [1.807, 2.05) is 36.1 Å². The number of nitrogens with one attached hydrogen (secondary N) is 1. The standard InChI is InChI=1S/C25H32N4O3/c1-17-20(24(30)27-15-19-11-6-7-13-22(19)32-2)16-26-23(28-17)21-12-8-14-29(21)25(31)18-9-4-3-5-10-18/h6-7,11,13,16,18,21H,3-5,8-10,12,14-15H2,1-2H3,(H,27,30). The van der Waals surface area contributed by atoms with E-state index in [9.17, 15) is 9.59 Å². The molecule has 170 valence electrons. The lowest BCUT2D eigenvalue weighted by molar-refractivity contribution is -0.137. The summed E-state index contributed by atoms with van der Waals surface area (Å²) in [4.78, 5) is 37.0. The molecule has 1 saturated carbocycles. The number of para-hydroxylation sites is 1. The first-order valence-electron chi connectivity index (χ1n) is 11.6. The van der Waals surface area contributed by atoms with Crippen LogP contribution < -0.4 is 10.1 Å². The van der Waals surface area contributed by atoms with E-state index < -0.39 is 0 Å². The Kier molecular flexibility index (Phi) is 7.02. The average molecular weight is 437 g/mol. The summed E-state index contributed by atoms with van der Waals surface area (Å²) in [5, 5.41) is 2.93. The second-order valence-corrected chi connectivity index (χ2v) is 8.75. The van der Waals surface area contributed by atoms with Crippen LogP contribution in [0.15, 0.2) is 30.5 Å². The summed E-state index contributed by atoms with van der Waals surface area (Å²) in [6.45, 7) is 2.95. The Bertz CT molecular complexity index is 971. The van der Waals surface area contributed by atoms with E-state index in [0.29, 0.717) is 23.6 Å². The zero-order valence-corrected chi connectivity index (χ0v) is 19.0. The molecule has 1 aliphatic heterocycles. The molecule has 2 aromatic rings. The normalized spacial score (nSPS) is 19.1. The molecular formula is C25H32N4O3. The maximum atomic E-state index is 13.1. The largest absolute Gasteiger partial charge is 0.496 e. The van der Waals surface area contributed by atoms with Crippen molar-refractivity contribution in [1.82, 2.24) is 20.2 Å². The van der Waals surface area contributed by atoms with Gasteiger partial charge in [0.05, 0.1) is 24.4 Å². The number of nitrogens with zero attached hydrogens (tertiary/aromatic N) is 3. The first-order chi connectivity index (χ1) is 15.6. The molecule has 2 aliphatic rings. The topological polar surface area (TPSA) is 84.4 Å². The molecule has 7 nitrogen and oxygen atoms in total. The number of benzene rings is 1. The molecule has 1 unspecified atom stereocenters. The lowest BCUT2D eigenvalue weighted by Gasteiger charge is -2.30. The molecule has 32 heavy (non-hydrogen) atoms. The Hall–Kier alpha value is -2.96. The molecule has 2 fully saturated rings. The van der Waals surface area contributed by atoms with Crippen molar-refractivity contribution in [2.45, 2.75) is 64.5 Å². The van der Waals surface area contributed by atoms with Crippen LogP contribution >= 0.6 is 0 Å². The highest BCUT2D eigenvalue weighted by atomic mass is 16.5. The minimum absolute atomic E-state index is 0.0891. The van der Waals surface area contributed by atoms with Crippen molar-refractivity contribution in [3.8, 4) is 5.75 Å². The number of rotatable bonds is 6.